The van der Waals surface area contributed by atoms with Crippen LogP contribution >= 0.6 is 0 Å². The lowest BCUT2D eigenvalue weighted by atomic mass is 9.80. The highest BCUT2D eigenvalue weighted by Crippen LogP contribution is 2.45. The average Bonchev–Trinajstić information content (AvgIpc) is 3.48. The Morgan fingerprint density at radius 3 is 1.57 bits per heavy atom. The molecule has 1 fully saturated rings. The molecule has 4 aromatic carbocycles. The Hall–Kier alpha value is -4.02. The van der Waals surface area contributed by atoms with Crippen molar-refractivity contribution in [3.8, 4) is 5.75 Å². The lowest BCUT2D eigenvalue weighted by Gasteiger charge is -2.43. The fraction of sp³-hybridized carbons (Fsp3) is 0.569. The third-order valence-electron chi connectivity index (χ3n) is 18.9. The normalized spacial score (nSPS) is 20.2. The molecule has 0 saturated carbocycles. The van der Waals surface area contributed by atoms with E-state index in [2.05, 4.69) is 258 Å². The van der Waals surface area contributed by atoms with Gasteiger partial charge in [0.1, 0.15) is 11.4 Å². The molecule has 0 N–H and O–H groups in total. The van der Waals surface area contributed by atoms with Crippen molar-refractivity contribution >= 4 is 30.7 Å². The molecule has 5 rings (SSSR count). The van der Waals surface area contributed by atoms with Gasteiger partial charge >= 0.3 is 0 Å². The fourth-order valence-electron chi connectivity index (χ4n) is 10.4. The number of ketones is 1. The Morgan fingerprint density at radius 2 is 1.08 bits per heavy atom. The number of hydrogen-bond acceptors (Lipinski definition) is 8. The van der Waals surface area contributed by atoms with Gasteiger partial charge in [-0.25, -0.2) is 0 Å². The molecule has 1 saturated heterocycles. The predicted molar refractivity (Wildman–Crippen MR) is 355 cm³/mol. The van der Waals surface area contributed by atoms with Gasteiger partial charge in [-0.15, -0.1) is 0 Å². The van der Waals surface area contributed by atoms with Crippen LogP contribution in [-0.2, 0) is 37.9 Å². The van der Waals surface area contributed by atoms with Gasteiger partial charge in [0.2, 0.25) is 0 Å². The van der Waals surface area contributed by atoms with Crippen LogP contribution in [0.1, 0.15) is 145 Å². The van der Waals surface area contributed by atoms with Crippen LogP contribution in [0.2, 0.25) is 54.4 Å². The number of allylic oxidation sites excluding steroid dienone is 2. The highest BCUT2D eigenvalue weighted by molar-refractivity contribution is 6.75. The first-order valence-corrected chi connectivity index (χ1v) is 39.7. The van der Waals surface area contributed by atoms with Gasteiger partial charge < -0.3 is 32.2 Å². The molecular formula is C72H110O8Si3. The van der Waals surface area contributed by atoms with E-state index >= 15 is 0 Å². The van der Waals surface area contributed by atoms with Crippen LogP contribution in [0.25, 0.3) is 0 Å². The number of hydrogen-bond donors (Lipinski definition) is 0. The molecule has 0 aromatic heterocycles. The molecule has 4 aromatic rings. The summed E-state index contributed by atoms with van der Waals surface area (Å²) >= 11 is 0. The summed E-state index contributed by atoms with van der Waals surface area (Å²) in [5, 5.41) is 0.00918. The van der Waals surface area contributed by atoms with Crippen LogP contribution in [0, 0.1) is 35.5 Å². The van der Waals surface area contributed by atoms with Gasteiger partial charge in [0, 0.05) is 23.8 Å². The van der Waals surface area contributed by atoms with Gasteiger partial charge in [0.05, 0.1) is 44.7 Å². The highest BCUT2D eigenvalue weighted by atomic mass is 28.4. The number of rotatable bonds is 28. The Kier molecular flexibility index (Phi) is 24.9. The molecule has 458 valence electrons. The zero-order valence-corrected chi connectivity index (χ0v) is 58.4. The third kappa shape index (κ3) is 18.7. The minimum atomic E-state index is -2.30. The standard InChI is InChI=1S/C72H110O8Si3/c1-52(40-47-64(73)57(6)67-56(5)51-75-68(77-67)58-42-45-62(74-16)46-43-58)49-55(4)66(80-83(21,22)71(13,14)15)54(3)41-44-63(78-81(17,18)69(7,8)9)50-65(79-82(19,20)70(10,11)12)53(2)33-32-48-76-72(59-34-26-23-27-35-59,60-36-28-24-29-37-60)61-38-30-25-31-39-61/h23-47,52-57,63,65-68H,48-51H2,1-22H3/t52-,53+,54-,55-,56-,57-,63+,65-,66-,67-,68?/m0/s1. The number of carbonyl (C=O) groups is 1. The SMILES string of the molecule is COc1ccc(C2OC[C@H](C)[C@@H]([C@@H](C)C(=O)C=C[C@H](C)C[C@H](C)[C@@H](O[Si](C)(C)C(C)(C)C)[C@@H](C)C=C[C@H](C[C@H](O[Si](C)(C)C(C)(C)C)[C@H](C)C=CCOC(c3ccccc3)(c3ccccc3)c3ccccc3)O[Si](C)(C)C(C)(C)C)O2)cc1. The molecule has 1 aliphatic heterocycles. The smallest absolute Gasteiger partial charge is 0.192 e. The van der Waals surface area contributed by atoms with E-state index in [1.165, 1.54) is 0 Å². The van der Waals surface area contributed by atoms with E-state index in [0.717, 1.165) is 34.4 Å². The van der Waals surface area contributed by atoms with Crippen molar-refractivity contribution in [3.05, 3.63) is 174 Å². The summed E-state index contributed by atoms with van der Waals surface area (Å²) in [7, 11) is -5.17. The molecular weight excluding hydrogens is 1080 g/mol. The van der Waals surface area contributed by atoms with Crippen LogP contribution in [0.15, 0.2) is 152 Å². The van der Waals surface area contributed by atoms with Gasteiger partial charge in [-0.2, -0.15) is 0 Å². The van der Waals surface area contributed by atoms with Crippen molar-refractivity contribution < 1.29 is 37.0 Å². The van der Waals surface area contributed by atoms with Crippen LogP contribution in [-0.4, -0.2) is 75.5 Å². The number of carbonyl (C=O) groups excluding carboxylic acids is 1. The first-order chi connectivity index (χ1) is 38.6. The second-order valence-electron chi connectivity index (χ2n) is 28.8. The van der Waals surface area contributed by atoms with Crippen LogP contribution in [0.4, 0.5) is 0 Å². The van der Waals surface area contributed by atoms with Crippen molar-refractivity contribution in [2.45, 2.75) is 207 Å². The molecule has 0 amide bonds. The number of ether oxygens (including phenoxy) is 4. The van der Waals surface area contributed by atoms with E-state index in [4.69, 9.17) is 32.2 Å². The van der Waals surface area contributed by atoms with Crippen molar-refractivity contribution in [1.82, 2.24) is 0 Å². The molecule has 1 aliphatic rings. The summed E-state index contributed by atoms with van der Waals surface area (Å²) in [6.07, 6.45) is 13.5. The van der Waals surface area contributed by atoms with Gasteiger partial charge in [-0.1, -0.05) is 237 Å². The molecule has 0 radical (unpaired) electrons. The third-order valence-corrected chi connectivity index (χ3v) is 32.4. The quantitative estimate of drug-likeness (QED) is 0.0241. The van der Waals surface area contributed by atoms with Crippen molar-refractivity contribution in [2.75, 3.05) is 20.3 Å². The maximum absolute atomic E-state index is 14.0. The molecule has 0 bridgehead atoms. The molecule has 8 nitrogen and oxygen atoms in total. The second kappa shape index (κ2) is 29.6. The minimum Gasteiger partial charge on any atom is -0.497 e. The molecule has 1 unspecified atom stereocenters. The van der Waals surface area contributed by atoms with E-state index < -0.39 is 36.8 Å². The van der Waals surface area contributed by atoms with Crippen LogP contribution < -0.4 is 4.74 Å². The van der Waals surface area contributed by atoms with E-state index in [1.54, 1.807) is 13.2 Å². The highest BCUT2D eigenvalue weighted by Gasteiger charge is 2.45. The molecule has 0 aliphatic carbocycles. The Bertz CT molecular complexity index is 2570. The molecule has 83 heavy (non-hydrogen) atoms. The number of methoxy groups -OCH3 is 1. The predicted octanol–water partition coefficient (Wildman–Crippen LogP) is 19.1. The van der Waals surface area contributed by atoms with Crippen molar-refractivity contribution in [2.24, 2.45) is 35.5 Å². The topological polar surface area (TPSA) is 81.7 Å². The van der Waals surface area contributed by atoms with E-state index in [0.29, 0.717) is 19.6 Å². The minimum absolute atomic E-state index is 0.000703. The summed E-state index contributed by atoms with van der Waals surface area (Å²) in [4.78, 5) is 14.0. The first kappa shape index (κ1) is 69.7. The Balaban J connectivity index is 1.43. The first-order valence-electron chi connectivity index (χ1n) is 31.0. The zero-order chi connectivity index (χ0) is 61.8. The largest absolute Gasteiger partial charge is 0.497 e. The van der Waals surface area contributed by atoms with Crippen molar-refractivity contribution in [1.29, 1.82) is 0 Å². The zero-order valence-electron chi connectivity index (χ0n) is 55.4. The number of benzene rings is 4. The summed E-state index contributed by atoms with van der Waals surface area (Å²) in [6, 6.07) is 39.5. The molecule has 11 heteroatoms. The lowest BCUT2D eigenvalue weighted by Crippen LogP contribution is -2.48. The Labute approximate surface area is 508 Å². The van der Waals surface area contributed by atoms with E-state index in [-0.39, 0.29) is 80.8 Å². The fourth-order valence-corrected chi connectivity index (χ4v) is 14.6. The second-order valence-corrected chi connectivity index (χ2v) is 43.1. The summed E-state index contributed by atoms with van der Waals surface area (Å²) in [6.45, 7) is 49.3. The monoisotopic (exact) mass is 1190 g/mol. The summed E-state index contributed by atoms with van der Waals surface area (Å²) in [5.41, 5.74) is 3.33. The maximum atomic E-state index is 14.0. The summed E-state index contributed by atoms with van der Waals surface area (Å²) < 4.78 is 47.8. The van der Waals surface area contributed by atoms with Crippen LogP contribution in [0.3, 0.4) is 0 Å². The van der Waals surface area contributed by atoms with Gasteiger partial charge in [-0.3, -0.25) is 4.79 Å². The van der Waals surface area contributed by atoms with Gasteiger partial charge in [0.15, 0.2) is 37.0 Å². The summed E-state index contributed by atoms with van der Waals surface area (Å²) in [5.74, 6) is 1.02. The molecule has 11 atom stereocenters. The van der Waals surface area contributed by atoms with Gasteiger partial charge in [0.25, 0.3) is 0 Å². The van der Waals surface area contributed by atoms with Gasteiger partial charge in [-0.05, 0) is 119 Å². The molecule has 1 heterocycles. The lowest BCUT2D eigenvalue weighted by molar-refractivity contribution is -0.247. The maximum Gasteiger partial charge on any atom is 0.192 e. The van der Waals surface area contributed by atoms with E-state index in [9.17, 15) is 4.79 Å². The molecule has 0 spiro atoms. The van der Waals surface area contributed by atoms with Crippen molar-refractivity contribution in [3.63, 3.8) is 0 Å². The average molecular weight is 1190 g/mol. The van der Waals surface area contributed by atoms with Crippen LogP contribution in [0.5, 0.6) is 5.75 Å². The van der Waals surface area contributed by atoms with E-state index in [1.807, 2.05) is 31.2 Å². The Morgan fingerprint density at radius 1 is 0.602 bits per heavy atom.